The average molecular weight is 317 g/mol. The summed E-state index contributed by atoms with van der Waals surface area (Å²) < 4.78 is 22.2. The van der Waals surface area contributed by atoms with Gasteiger partial charge in [0.1, 0.15) is 11.3 Å². The van der Waals surface area contributed by atoms with Crippen LogP contribution in [-0.4, -0.2) is 54.5 Å². The minimum absolute atomic E-state index is 0.0718. The number of amides is 1. The van der Waals surface area contributed by atoms with E-state index < -0.39 is 17.1 Å². The predicted octanol–water partition coefficient (Wildman–Crippen LogP) is 3.15. The van der Waals surface area contributed by atoms with E-state index in [1.807, 2.05) is 48.5 Å². The molecule has 6 nitrogen and oxygen atoms in total. The van der Waals surface area contributed by atoms with Crippen molar-refractivity contribution in [3.8, 4) is 0 Å². The van der Waals surface area contributed by atoms with Gasteiger partial charge in [0.25, 0.3) is 0 Å². The first-order valence-electron chi connectivity index (χ1n) is 7.73. The Balaban J connectivity index is 2.67. The van der Waals surface area contributed by atoms with Crippen LogP contribution >= 0.6 is 0 Å². The molecule has 0 aromatic heterocycles. The minimum Gasteiger partial charge on any atom is -0.444 e. The van der Waals surface area contributed by atoms with Gasteiger partial charge in [0.15, 0.2) is 5.79 Å². The van der Waals surface area contributed by atoms with Gasteiger partial charge in [-0.2, -0.15) is 0 Å². The Bertz CT molecular complexity index is 386. The normalized spacial score (nSPS) is 22.0. The zero-order chi connectivity index (χ0) is 17.2. The summed E-state index contributed by atoms with van der Waals surface area (Å²) in [6.45, 7) is 14.0. The van der Waals surface area contributed by atoms with Crippen molar-refractivity contribution in [1.82, 2.24) is 4.90 Å². The van der Waals surface area contributed by atoms with Crippen LogP contribution in [0.3, 0.4) is 0 Å². The quantitative estimate of drug-likeness (QED) is 0.729. The van der Waals surface area contributed by atoms with Crippen molar-refractivity contribution in [3.05, 3.63) is 0 Å². The van der Waals surface area contributed by atoms with E-state index in [1.165, 1.54) is 0 Å². The van der Waals surface area contributed by atoms with E-state index in [0.717, 1.165) is 0 Å². The number of carbonyl (C=O) groups is 1. The first-order valence-corrected chi connectivity index (χ1v) is 7.73. The maximum absolute atomic E-state index is 12.5. The van der Waals surface area contributed by atoms with Gasteiger partial charge < -0.3 is 18.9 Å². The fraction of sp³-hybridized carbons (Fsp3) is 0.938. The van der Waals surface area contributed by atoms with Gasteiger partial charge in [-0.25, -0.2) is 4.79 Å². The number of rotatable bonds is 5. The Labute approximate surface area is 134 Å². The Morgan fingerprint density at radius 1 is 1.27 bits per heavy atom. The highest BCUT2D eigenvalue weighted by molar-refractivity contribution is 5.69. The van der Waals surface area contributed by atoms with E-state index in [4.69, 9.17) is 18.9 Å². The summed E-state index contributed by atoms with van der Waals surface area (Å²) in [5, 5.41) is 0. The van der Waals surface area contributed by atoms with Crippen molar-refractivity contribution in [3.63, 3.8) is 0 Å². The van der Waals surface area contributed by atoms with Crippen molar-refractivity contribution < 1.29 is 23.7 Å². The van der Waals surface area contributed by atoms with E-state index >= 15 is 0 Å². The second-order valence-corrected chi connectivity index (χ2v) is 7.50. The maximum atomic E-state index is 12.5. The second-order valence-electron chi connectivity index (χ2n) is 7.50. The lowest BCUT2D eigenvalue weighted by molar-refractivity contribution is -0.198. The molecule has 0 bridgehead atoms. The lowest BCUT2D eigenvalue weighted by Gasteiger charge is -2.35. The molecule has 0 spiro atoms. The Morgan fingerprint density at radius 3 is 2.36 bits per heavy atom. The third kappa shape index (κ3) is 5.41. The molecule has 0 aromatic rings. The van der Waals surface area contributed by atoms with E-state index in [0.29, 0.717) is 19.6 Å². The molecule has 22 heavy (non-hydrogen) atoms. The van der Waals surface area contributed by atoms with E-state index in [2.05, 4.69) is 0 Å². The molecule has 0 saturated carbocycles. The van der Waals surface area contributed by atoms with Crippen LogP contribution in [0.1, 0.15) is 54.9 Å². The lowest BCUT2D eigenvalue weighted by Crippen LogP contribution is -2.50. The number of ether oxygens (including phenoxy) is 4. The van der Waals surface area contributed by atoms with Crippen LogP contribution < -0.4 is 0 Å². The third-order valence-corrected chi connectivity index (χ3v) is 3.56. The molecular weight excluding hydrogens is 286 g/mol. The summed E-state index contributed by atoms with van der Waals surface area (Å²) in [7, 11) is 1.61. The Kier molecular flexibility index (Phi) is 5.87. The SMILES string of the molecule is COC(C)(C)OCC[C@H]1COC(C)(C)N1C(=O)OC(C)(C)C. The summed E-state index contributed by atoms with van der Waals surface area (Å²) in [5.41, 5.74) is -1.21. The van der Waals surface area contributed by atoms with Crippen LogP contribution in [0.4, 0.5) is 4.79 Å². The van der Waals surface area contributed by atoms with Gasteiger partial charge in [0, 0.05) is 7.11 Å². The van der Waals surface area contributed by atoms with Gasteiger partial charge in [0.2, 0.25) is 0 Å². The number of hydrogen-bond acceptors (Lipinski definition) is 5. The van der Waals surface area contributed by atoms with Crippen molar-refractivity contribution in [2.24, 2.45) is 0 Å². The van der Waals surface area contributed by atoms with Gasteiger partial charge in [-0.15, -0.1) is 0 Å². The van der Waals surface area contributed by atoms with Crippen LogP contribution in [0.25, 0.3) is 0 Å². The first-order chi connectivity index (χ1) is 9.88. The molecule has 1 fully saturated rings. The molecular formula is C16H31NO5. The highest BCUT2D eigenvalue weighted by atomic mass is 16.7. The van der Waals surface area contributed by atoms with Gasteiger partial charge in [-0.1, -0.05) is 0 Å². The number of nitrogens with zero attached hydrogens (tertiary/aromatic N) is 1. The van der Waals surface area contributed by atoms with Crippen LogP contribution in [0.5, 0.6) is 0 Å². The standard InChI is InChI=1S/C16H31NO5/c1-14(2,3)22-13(18)17-12(11-21-15(17,4)5)9-10-20-16(6,7)19-8/h12H,9-11H2,1-8H3/t12-/m0/s1. The largest absolute Gasteiger partial charge is 0.444 e. The highest BCUT2D eigenvalue weighted by Crippen LogP contribution is 2.31. The number of carbonyl (C=O) groups excluding carboxylic acids is 1. The van der Waals surface area contributed by atoms with Crippen LogP contribution in [0, 0.1) is 0 Å². The molecule has 1 amide bonds. The monoisotopic (exact) mass is 317 g/mol. The predicted molar refractivity (Wildman–Crippen MR) is 83.5 cm³/mol. The third-order valence-electron chi connectivity index (χ3n) is 3.56. The lowest BCUT2D eigenvalue weighted by atomic mass is 10.1. The van der Waals surface area contributed by atoms with Gasteiger partial charge in [-0.3, -0.25) is 4.90 Å². The summed E-state index contributed by atoms with van der Waals surface area (Å²) in [5.74, 6) is -0.633. The molecule has 1 saturated heterocycles. The maximum Gasteiger partial charge on any atom is 0.412 e. The second kappa shape index (κ2) is 6.72. The Morgan fingerprint density at radius 2 is 1.86 bits per heavy atom. The van der Waals surface area contributed by atoms with Crippen LogP contribution in [0.15, 0.2) is 0 Å². The van der Waals surface area contributed by atoms with Crippen molar-refractivity contribution >= 4 is 6.09 Å². The highest BCUT2D eigenvalue weighted by Gasteiger charge is 2.45. The van der Waals surface area contributed by atoms with E-state index in [-0.39, 0.29) is 12.1 Å². The van der Waals surface area contributed by atoms with Gasteiger partial charge in [0.05, 0.1) is 19.3 Å². The Hall–Kier alpha value is -0.850. The average Bonchev–Trinajstić information content (AvgIpc) is 2.62. The van der Waals surface area contributed by atoms with Gasteiger partial charge in [-0.05, 0) is 54.9 Å². The van der Waals surface area contributed by atoms with Crippen molar-refractivity contribution in [1.29, 1.82) is 0 Å². The molecule has 1 rings (SSSR count). The number of methoxy groups -OCH3 is 1. The van der Waals surface area contributed by atoms with Crippen molar-refractivity contribution in [2.45, 2.75) is 78.0 Å². The van der Waals surface area contributed by atoms with Gasteiger partial charge >= 0.3 is 6.09 Å². The molecule has 130 valence electrons. The van der Waals surface area contributed by atoms with Crippen LogP contribution in [0.2, 0.25) is 0 Å². The van der Waals surface area contributed by atoms with Crippen molar-refractivity contribution in [2.75, 3.05) is 20.3 Å². The molecule has 6 heteroatoms. The molecule has 0 unspecified atom stereocenters. The first kappa shape index (κ1) is 19.2. The summed E-state index contributed by atoms with van der Waals surface area (Å²) >= 11 is 0. The zero-order valence-corrected chi connectivity index (χ0v) is 15.2. The minimum atomic E-state index is -0.677. The molecule has 0 aromatic carbocycles. The zero-order valence-electron chi connectivity index (χ0n) is 15.2. The van der Waals surface area contributed by atoms with Crippen LogP contribution in [-0.2, 0) is 18.9 Å². The molecule has 1 aliphatic rings. The fourth-order valence-electron chi connectivity index (χ4n) is 2.28. The smallest absolute Gasteiger partial charge is 0.412 e. The summed E-state index contributed by atoms with van der Waals surface area (Å²) in [6.07, 6.45) is 0.307. The molecule has 0 aliphatic carbocycles. The summed E-state index contributed by atoms with van der Waals surface area (Å²) in [4.78, 5) is 14.1. The number of hydrogen-bond donors (Lipinski definition) is 0. The molecule has 1 atom stereocenters. The molecule has 1 aliphatic heterocycles. The molecule has 0 N–H and O–H groups in total. The summed E-state index contributed by atoms with van der Waals surface area (Å²) in [6, 6.07) is -0.0718. The van der Waals surface area contributed by atoms with E-state index in [1.54, 1.807) is 12.0 Å². The van der Waals surface area contributed by atoms with E-state index in [9.17, 15) is 4.79 Å². The molecule has 1 heterocycles. The fourth-order valence-corrected chi connectivity index (χ4v) is 2.28. The topological polar surface area (TPSA) is 57.2 Å². The molecule has 0 radical (unpaired) electrons.